The van der Waals surface area contributed by atoms with Crippen molar-refractivity contribution in [3.63, 3.8) is 0 Å². The number of hydrogen-bond donors (Lipinski definition) is 1. The lowest BCUT2D eigenvalue weighted by Gasteiger charge is -2.15. The first-order valence-electron chi connectivity index (χ1n) is 4.60. The summed E-state index contributed by atoms with van der Waals surface area (Å²) in [4.78, 5) is 10.7. The highest BCUT2D eigenvalue weighted by Gasteiger charge is 2.29. The van der Waals surface area contributed by atoms with E-state index < -0.39 is 16.0 Å². The zero-order chi connectivity index (χ0) is 12.5. The average molecular weight is 263 g/mol. The Labute approximate surface area is 98.4 Å². The average Bonchev–Trinajstić information content (AvgIpc) is 2.59. The van der Waals surface area contributed by atoms with E-state index in [1.165, 1.54) is 7.05 Å². The number of sulfonamides is 1. The van der Waals surface area contributed by atoms with Crippen molar-refractivity contribution >= 4 is 27.3 Å². The van der Waals surface area contributed by atoms with Crippen LogP contribution < -0.4 is 0 Å². The standard InChI is InChI=1S/C9H13NO4S2/c1-4-10(3)16(13,14)8-6(2)5-15-7(8)9(11)12/h5H,4H2,1-3H3,(H,11,12). The van der Waals surface area contributed by atoms with Crippen LogP contribution in [0.25, 0.3) is 0 Å². The van der Waals surface area contributed by atoms with E-state index in [1.807, 2.05) is 0 Å². The third-order valence-corrected chi connectivity index (χ3v) is 5.56. The maximum atomic E-state index is 12.0. The number of nitrogens with zero attached hydrogens (tertiary/aromatic N) is 1. The highest BCUT2D eigenvalue weighted by Crippen LogP contribution is 2.28. The van der Waals surface area contributed by atoms with Crippen LogP contribution >= 0.6 is 11.3 Å². The molecule has 0 unspecified atom stereocenters. The van der Waals surface area contributed by atoms with Crippen LogP contribution in [0.15, 0.2) is 10.3 Å². The van der Waals surface area contributed by atoms with E-state index in [4.69, 9.17) is 5.11 Å². The van der Waals surface area contributed by atoms with Crippen LogP contribution in [0.2, 0.25) is 0 Å². The molecule has 1 aromatic heterocycles. The third kappa shape index (κ3) is 2.11. The van der Waals surface area contributed by atoms with Crippen LogP contribution in [0.3, 0.4) is 0 Å². The van der Waals surface area contributed by atoms with Crippen molar-refractivity contribution in [2.45, 2.75) is 18.7 Å². The Bertz CT molecular complexity index is 504. The Morgan fingerprint density at radius 2 is 2.12 bits per heavy atom. The molecule has 1 aromatic rings. The Morgan fingerprint density at radius 3 is 2.56 bits per heavy atom. The van der Waals surface area contributed by atoms with E-state index in [9.17, 15) is 13.2 Å². The third-order valence-electron chi connectivity index (χ3n) is 2.23. The number of thiophene rings is 1. The first kappa shape index (κ1) is 13.1. The number of carbonyl (C=O) groups is 1. The minimum atomic E-state index is -3.69. The second-order valence-electron chi connectivity index (χ2n) is 3.30. The normalized spacial score (nSPS) is 12.0. The van der Waals surface area contributed by atoms with Crippen LogP contribution in [-0.4, -0.2) is 37.4 Å². The van der Waals surface area contributed by atoms with E-state index in [-0.39, 0.29) is 9.77 Å². The molecular formula is C9H13NO4S2. The summed E-state index contributed by atoms with van der Waals surface area (Å²) in [5.41, 5.74) is 0.475. The lowest BCUT2D eigenvalue weighted by molar-refractivity contribution is 0.0698. The summed E-state index contributed by atoms with van der Waals surface area (Å²) < 4.78 is 25.2. The van der Waals surface area contributed by atoms with Crippen molar-refractivity contribution in [3.8, 4) is 0 Å². The molecule has 0 saturated heterocycles. The summed E-state index contributed by atoms with van der Waals surface area (Å²) in [7, 11) is -2.26. The van der Waals surface area contributed by atoms with Crippen molar-refractivity contribution in [3.05, 3.63) is 15.8 Å². The highest BCUT2D eigenvalue weighted by atomic mass is 32.2. The van der Waals surface area contributed by atoms with Crippen LogP contribution in [0.4, 0.5) is 0 Å². The molecule has 0 fully saturated rings. The van der Waals surface area contributed by atoms with Gasteiger partial charge >= 0.3 is 5.97 Å². The molecule has 1 heterocycles. The molecule has 0 bridgehead atoms. The van der Waals surface area contributed by atoms with Gasteiger partial charge in [0.1, 0.15) is 9.77 Å². The fourth-order valence-electron chi connectivity index (χ4n) is 1.23. The fraction of sp³-hybridized carbons (Fsp3) is 0.444. The van der Waals surface area contributed by atoms with Crippen molar-refractivity contribution in [2.24, 2.45) is 0 Å². The minimum absolute atomic E-state index is 0.0886. The minimum Gasteiger partial charge on any atom is -0.477 e. The van der Waals surface area contributed by atoms with E-state index in [0.717, 1.165) is 15.6 Å². The number of aromatic carboxylic acids is 1. The zero-order valence-corrected chi connectivity index (χ0v) is 10.9. The monoisotopic (exact) mass is 263 g/mol. The molecular weight excluding hydrogens is 250 g/mol. The predicted octanol–water partition coefficient (Wildman–Crippen LogP) is 1.40. The van der Waals surface area contributed by atoms with Gasteiger partial charge in [0.25, 0.3) is 0 Å². The molecule has 0 spiro atoms. The lowest BCUT2D eigenvalue weighted by Crippen LogP contribution is -2.27. The number of rotatable bonds is 4. The van der Waals surface area contributed by atoms with Crippen molar-refractivity contribution in [1.82, 2.24) is 4.31 Å². The number of carboxylic acid groups (broad SMARTS) is 1. The molecule has 0 aliphatic heterocycles. The van der Waals surface area contributed by atoms with Gasteiger partial charge in [-0.05, 0) is 17.9 Å². The Balaban J connectivity index is 3.44. The van der Waals surface area contributed by atoms with Gasteiger partial charge in [-0.15, -0.1) is 11.3 Å². The van der Waals surface area contributed by atoms with Gasteiger partial charge in [0, 0.05) is 13.6 Å². The summed E-state index contributed by atoms with van der Waals surface area (Å²) in [6.45, 7) is 3.59. The molecule has 0 atom stereocenters. The van der Waals surface area contributed by atoms with E-state index in [2.05, 4.69) is 0 Å². The highest BCUT2D eigenvalue weighted by molar-refractivity contribution is 7.89. The van der Waals surface area contributed by atoms with Gasteiger partial charge in [0.2, 0.25) is 10.0 Å². The molecule has 0 amide bonds. The fourth-order valence-corrected chi connectivity index (χ4v) is 3.98. The van der Waals surface area contributed by atoms with Gasteiger partial charge in [-0.3, -0.25) is 0 Å². The predicted molar refractivity (Wildman–Crippen MR) is 61.5 cm³/mol. The largest absolute Gasteiger partial charge is 0.477 e. The van der Waals surface area contributed by atoms with Crippen LogP contribution in [0.5, 0.6) is 0 Å². The molecule has 1 rings (SSSR count). The summed E-state index contributed by atoms with van der Waals surface area (Å²) >= 11 is 0.934. The summed E-state index contributed by atoms with van der Waals surface area (Å²) in [6.07, 6.45) is 0. The molecule has 7 heteroatoms. The molecule has 0 aliphatic rings. The SMILES string of the molecule is CCN(C)S(=O)(=O)c1c(C)csc1C(=O)O. The summed E-state index contributed by atoms with van der Waals surface area (Å²) in [6, 6.07) is 0. The number of hydrogen-bond acceptors (Lipinski definition) is 4. The maximum Gasteiger partial charge on any atom is 0.347 e. The second-order valence-corrected chi connectivity index (χ2v) is 6.16. The molecule has 5 nitrogen and oxygen atoms in total. The van der Waals surface area contributed by atoms with Crippen molar-refractivity contribution in [1.29, 1.82) is 0 Å². The van der Waals surface area contributed by atoms with E-state index >= 15 is 0 Å². The van der Waals surface area contributed by atoms with Crippen LogP contribution in [0, 0.1) is 6.92 Å². The summed E-state index contributed by atoms with van der Waals surface area (Å²) in [5, 5.41) is 10.5. The van der Waals surface area contributed by atoms with Crippen molar-refractivity contribution < 1.29 is 18.3 Å². The van der Waals surface area contributed by atoms with Gasteiger partial charge in [-0.2, -0.15) is 0 Å². The topological polar surface area (TPSA) is 74.7 Å². The van der Waals surface area contributed by atoms with Crippen molar-refractivity contribution in [2.75, 3.05) is 13.6 Å². The number of aryl methyl sites for hydroxylation is 1. The quantitative estimate of drug-likeness (QED) is 0.891. The van der Waals surface area contributed by atoms with E-state index in [0.29, 0.717) is 12.1 Å². The van der Waals surface area contributed by atoms with Gasteiger partial charge in [0.15, 0.2) is 0 Å². The summed E-state index contributed by atoms with van der Waals surface area (Å²) in [5.74, 6) is -1.21. The molecule has 16 heavy (non-hydrogen) atoms. The van der Waals surface area contributed by atoms with E-state index in [1.54, 1.807) is 19.2 Å². The van der Waals surface area contributed by atoms with Gasteiger partial charge < -0.3 is 5.11 Å². The van der Waals surface area contributed by atoms with Gasteiger partial charge in [-0.25, -0.2) is 17.5 Å². The van der Waals surface area contributed by atoms with Gasteiger partial charge in [0.05, 0.1) is 0 Å². The lowest BCUT2D eigenvalue weighted by atomic mass is 10.3. The van der Waals surface area contributed by atoms with Gasteiger partial charge in [-0.1, -0.05) is 6.92 Å². The second kappa shape index (κ2) is 4.52. The molecule has 90 valence electrons. The molecule has 0 saturated carbocycles. The molecule has 0 radical (unpaired) electrons. The Hall–Kier alpha value is -0.920. The zero-order valence-electron chi connectivity index (χ0n) is 9.22. The molecule has 1 N–H and O–H groups in total. The number of carboxylic acids is 1. The first-order valence-corrected chi connectivity index (χ1v) is 6.92. The maximum absolute atomic E-state index is 12.0. The first-order chi connectivity index (χ1) is 7.32. The smallest absolute Gasteiger partial charge is 0.347 e. The molecule has 0 aliphatic carbocycles. The Morgan fingerprint density at radius 1 is 1.56 bits per heavy atom. The Kier molecular flexibility index (Phi) is 3.72. The van der Waals surface area contributed by atoms with Crippen LogP contribution in [0.1, 0.15) is 22.2 Å². The van der Waals surface area contributed by atoms with Crippen LogP contribution in [-0.2, 0) is 10.0 Å². The molecule has 0 aromatic carbocycles.